The Morgan fingerprint density at radius 3 is 2.52 bits per heavy atom. The third kappa shape index (κ3) is 5.44. The molecule has 0 aliphatic carbocycles. The van der Waals surface area contributed by atoms with Crippen LogP contribution in [0.4, 0.5) is 0 Å². The summed E-state index contributed by atoms with van der Waals surface area (Å²) in [6, 6.07) is 17.9. The van der Waals surface area contributed by atoms with E-state index in [1.54, 1.807) is 18.7 Å². The first kappa shape index (κ1) is 19.2. The van der Waals surface area contributed by atoms with Gasteiger partial charge in [0.05, 0.1) is 5.75 Å². The standard InChI is InChI=1S/C21H23N3O2S/c1-3-16(17-7-5-4-6-8-17)13-22-21(25)18-9-11-19(12-10-18)27-14-20-23-15(2)24-26-20/h4-12,16H,3,13-14H2,1-2H3,(H,22,25)/t16-/m1/s1. The first-order chi connectivity index (χ1) is 13.2. The predicted molar refractivity (Wildman–Crippen MR) is 107 cm³/mol. The van der Waals surface area contributed by atoms with Gasteiger partial charge in [0.15, 0.2) is 5.82 Å². The number of nitrogens with one attached hydrogen (secondary N) is 1. The molecule has 1 amide bonds. The molecule has 0 unspecified atom stereocenters. The van der Waals surface area contributed by atoms with Gasteiger partial charge in [-0.3, -0.25) is 4.79 Å². The number of hydrogen-bond acceptors (Lipinski definition) is 5. The van der Waals surface area contributed by atoms with Crippen molar-refractivity contribution in [2.75, 3.05) is 6.54 Å². The van der Waals surface area contributed by atoms with E-state index in [1.807, 2.05) is 42.5 Å². The van der Waals surface area contributed by atoms with Gasteiger partial charge in [0.1, 0.15) is 0 Å². The molecule has 0 spiro atoms. The highest BCUT2D eigenvalue weighted by Crippen LogP contribution is 2.23. The molecular formula is C21H23N3O2S. The summed E-state index contributed by atoms with van der Waals surface area (Å²) in [5, 5.41) is 6.83. The Labute approximate surface area is 163 Å². The summed E-state index contributed by atoms with van der Waals surface area (Å²) in [5.74, 6) is 2.13. The van der Waals surface area contributed by atoms with Gasteiger partial charge in [0.2, 0.25) is 5.89 Å². The average molecular weight is 382 g/mol. The highest BCUT2D eigenvalue weighted by Gasteiger charge is 2.12. The fourth-order valence-electron chi connectivity index (χ4n) is 2.79. The van der Waals surface area contributed by atoms with Crippen molar-refractivity contribution in [3.8, 4) is 0 Å². The normalized spacial score (nSPS) is 11.9. The lowest BCUT2D eigenvalue weighted by molar-refractivity contribution is 0.0951. The van der Waals surface area contributed by atoms with Gasteiger partial charge in [-0.25, -0.2) is 0 Å². The van der Waals surface area contributed by atoms with E-state index in [1.165, 1.54) is 5.56 Å². The lowest BCUT2D eigenvalue weighted by Crippen LogP contribution is -2.28. The number of carbonyl (C=O) groups is 1. The average Bonchev–Trinajstić information content (AvgIpc) is 3.13. The molecule has 1 N–H and O–H groups in total. The monoisotopic (exact) mass is 381 g/mol. The van der Waals surface area contributed by atoms with Crippen LogP contribution in [0.25, 0.3) is 0 Å². The first-order valence-corrected chi connectivity index (χ1v) is 9.99. The Balaban J connectivity index is 1.52. The first-order valence-electron chi connectivity index (χ1n) is 9.01. The van der Waals surface area contributed by atoms with Gasteiger partial charge in [-0.15, -0.1) is 11.8 Å². The van der Waals surface area contributed by atoms with Crippen LogP contribution in [0.5, 0.6) is 0 Å². The zero-order chi connectivity index (χ0) is 19.1. The van der Waals surface area contributed by atoms with Gasteiger partial charge in [-0.05, 0) is 43.2 Å². The van der Waals surface area contributed by atoms with Crippen LogP contribution >= 0.6 is 11.8 Å². The van der Waals surface area contributed by atoms with E-state index in [0.29, 0.717) is 35.5 Å². The number of thioether (sulfide) groups is 1. The second-order valence-electron chi connectivity index (χ2n) is 6.27. The highest BCUT2D eigenvalue weighted by atomic mass is 32.2. The minimum Gasteiger partial charge on any atom is -0.351 e. The highest BCUT2D eigenvalue weighted by molar-refractivity contribution is 7.98. The van der Waals surface area contributed by atoms with Crippen molar-refractivity contribution in [3.05, 3.63) is 77.4 Å². The van der Waals surface area contributed by atoms with Crippen LogP contribution in [-0.4, -0.2) is 22.6 Å². The Morgan fingerprint density at radius 1 is 1.15 bits per heavy atom. The van der Waals surface area contributed by atoms with Crippen LogP contribution < -0.4 is 5.32 Å². The van der Waals surface area contributed by atoms with Crippen molar-refractivity contribution in [1.82, 2.24) is 15.5 Å². The minimum absolute atomic E-state index is 0.0477. The molecule has 1 heterocycles. The molecule has 3 aromatic rings. The molecule has 140 valence electrons. The van der Waals surface area contributed by atoms with E-state index in [-0.39, 0.29) is 5.91 Å². The molecular weight excluding hydrogens is 358 g/mol. The number of amides is 1. The molecule has 0 saturated carbocycles. The third-order valence-corrected chi connectivity index (χ3v) is 5.32. The fraction of sp³-hybridized carbons (Fsp3) is 0.286. The molecule has 0 aliphatic rings. The number of nitrogens with zero attached hydrogens (tertiary/aromatic N) is 2. The molecule has 27 heavy (non-hydrogen) atoms. The van der Waals surface area contributed by atoms with E-state index >= 15 is 0 Å². The fourth-order valence-corrected chi connectivity index (χ4v) is 3.52. The van der Waals surface area contributed by atoms with Gasteiger partial charge in [-0.2, -0.15) is 4.98 Å². The van der Waals surface area contributed by atoms with Crippen molar-refractivity contribution in [1.29, 1.82) is 0 Å². The number of rotatable bonds is 8. The van der Waals surface area contributed by atoms with Crippen LogP contribution in [0, 0.1) is 6.92 Å². The van der Waals surface area contributed by atoms with Crippen molar-refractivity contribution in [2.45, 2.75) is 36.8 Å². The van der Waals surface area contributed by atoms with Gasteiger partial charge >= 0.3 is 0 Å². The van der Waals surface area contributed by atoms with E-state index in [0.717, 1.165) is 11.3 Å². The topological polar surface area (TPSA) is 68.0 Å². The molecule has 6 heteroatoms. The van der Waals surface area contributed by atoms with E-state index in [9.17, 15) is 4.79 Å². The van der Waals surface area contributed by atoms with Gasteiger partial charge in [-0.1, -0.05) is 42.4 Å². The Morgan fingerprint density at radius 2 is 1.89 bits per heavy atom. The van der Waals surface area contributed by atoms with Crippen LogP contribution in [0.3, 0.4) is 0 Å². The van der Waals surface area contributed by atoms with E-state index < -0.39 is 0 Å². The number of benzene rings is 2. The van der Waals surface area contributed by atoms with Crippen molar-refractivity contribution in [3.63, 3.8) is 0 Å². The zero-order valence-electron chi connectivity index (χ0n) is 15.5. The van der Waals surface area contributed by atoms with E-state index in [4.69, 9.17) is 4.52 Å². The predicted octanol–water partition coefficient (Wildman–Crippen LogP) is 4.59. The molecule has 0 saturated heterocycles. The van der Waals surface area contributed by atoms with Gasteiger partial charge < -0.3 is 9.84 Å². The molecule has 1 atom stereocenters. The SMILES string of the molecule is CC[C@H](CNC(=O)c1ccc(SCc2nc(C)no2)cc1)c1ccccc1. The van der Waals surface area contributed by atoms with Crippen LogP contribution in [0.15, 0.2) is 64.0 Å². The zero-order valence-corrected chi connectivity index (χ0v) is 16.3. The maximum absolute atomic E-state index is 12.4. The summed E-state index contributed by atoms with van der Waals surface area (Å²) in [4.78, 5) is 17.7. The van der Waals surface area contributed by atoms with Crippen molar-refractivity contribution >= 4 is 17.7 Å². The van der Waals surface area contributed by atoms with Gasteiger partial charge in [0, 0.05) is 22.9 Å². The molecule has 0 radical (unpaired) electrons. The summed E-state index contributed by atoms with van der Waals surface area (Å²) in [6.45, 7) is 4.57. The molecule has 0 bridgehead atoms. The van der Waals surface area contributed by atoms with Crippen molar-refractivity contribution < 1.29 is 9.32 Å². The summed E-state index contributed by atoms with van der Waals surface area (Å²) in [7, 11) is 0. The van der Waals surface area contributed by atoms with E-state index in [2.05, 4.69) is 34.5 Å². The Bertz CT molecular complexity index is 863. The molecule has 0 fully saturated rings. The number of aromatic nitrogens is 2. The molecule has 0 aliphatic heterocycles. The molecule has 2 aromatic carbocycles. The van der Waals surface area contributed by atoms with Gasteiger partial charge in [0.25, 0.3) is 5.91 Å². The summed E-state index contributed by atoms with van der Waals surface area (Å²) in [6.07, 6.45) is 0.981. The lowest BCUT2D eigenvalue weighted by atomic mass is 9.96. The number of carbonyl (C=O) groups excluding carboxylic acids is 1. The second-order valence-corrected chi connectivity index (χ2v) is 7.32. The quantitative estimate of drug-likeness (QED) is 0.578. The maximum atomic E-state index is 12.4. The summed E-state index contributed by atoms with van der Waals surface area (Å²) in [5.41, 5.74) is 1.92. The third-order valence-electron chi connectivity index (χ3n) is 4.32. The molecule has 1 aromatic heterocycles. The maximum Gasteiger partial charge on any atom is 0.251 e. The largest absolute Gasteiger partial charge is 0.351 e. The Hall–Kier alpha value is -2.60. The summed E-state index contributed by atoms with van der Waals surface area (Å²) < 4.78 is 5.10. The lowest BCUT2D eigenvalue weighted by Gasteiger charge is -2.16. The smallest absolute Gasteiger partial charge is 0.251 e. The molecule has 5 nitrogen and oxygen atoms in total. The number of aryl methyl sites for hydroxylation is 1. The second kappa shape index (κ2) is 9.37. The van der Waals surface area contributed by atoms with Crippen LogP contribution in [0.1, 0.15) is 46.9 Å². The number of hydrogen-bond donors (Lipinski definition) is 1. The van der Waals surface area contributed by atoms with Crippen molar-refractivity contribution in [2.24, 2.45) is 0 Å². The van der Waals surface area contributed by atoms with Crippen LogP contribution in [0.2, 0.25) is 0 Å². The summed E-state index contributed by atoms with van der Waals surface area (Å²) >= 11 is 1.60. The van der Waals surface area contributed by atoms with Crippen LogP contribution in [-0.2, 0) is 5.75 Å². The Kier molecular flexibility index (Phi) is 6.65. The minimum atomic E-state index is -0.0477. The molecule has 3 rings (SSSR count).